The first-order valence-corrected chi connectivity index (χ1v) is 4.40. The summed E-state index contributed by atoms with van der Waals surface area (Å²) in [6.45, 7) is 0. The van der Waals surface area contributed by atoms with Crippen molar-refractivity contribution < 1.29 is 9.53 Å². The average molecular weight is 146 g/mol. The molecule has 1 aliphatic rings. The van der Waals surface area contributed by atoms with E-state index in [0.717, 1.165) is 12.2 Å². The van der Waals surface area contributed by atoms with E-state index in [1.165, 1.54) is 0 Å². The minimum absolute atomic E-state index is 0.0333. The molecule has 0 radical (unpaired) electrons. The molecular formula is C6H10O2S. The number of hydrogen-bond acceptors (Lipinski definition) is 3. The van der Waals surface area contributed by atoms with Crippen LogP contribution in [0.25, 0.3) is 0 Å². The van der Waals surface area contributed by atoms with Gasteiger partial charge >= 0.3 is 5.97 Å². The van der Waals surface area contributed by atoms with Gasteiger partial charge in [0.2, 0.25) is 0 Å². The van der Waals surface area contributed by atoms with Gasteiger partial charge in [-0.05, 0) is 12.7 Å². The highest BCUT2D eigenvalue weighted by atomic mass is 32.2. The van der Waals surface area contributed by atoms with E-state index < -0.39 is 0 Å². The van der Waals surface area contributed by atoms with E-state index in [4.69, 9.17) is 4.74 Å². The summed E-state index contributed by atoms with van der Waals surface area (Å²) < 4.78 is 4.94. The van der Waals surface area contributed by atoms with Gasteiger partial charge in [0, 0.05) is 12.2 Å². The van der Waals surface area contributed by atoms with Gasteiger partial charge < -0.3 is 4.74 Å². The zero-order valence-corrected chi connectivity index (χ0v) is 6.24. The minimum Gasteiger partial charge on any atom is -0.461 e. The van der Waals surface area contributed by atoms with E-state index in [1.54, 1.807) is 11.8 Å². The Bertz CT molecular complexity index is 114. The highest BCUT2D eigenvalue weighted by Crippen LogP contribution is 2.16. The fraction of sp³-hybridized carbons (Fsp3) is 0.833. The first-order valence-electron chi connectivity index (χ1n) is 3.01. The molecule has 1 atom stereocenters. The molecule has 52 valence electrons. The molecule has 0 spiro atoms. The second-order valence-electron chi connectivity index (χ2n) is 2.11. The molecular weight excluding hydrogens is 136 g/mol. The SMILES string of the molecule is CSC[C@@H]1CCC(=O)O1. The molecule has 0 saturated carbocycles. The average Bonchev–Trinajstić information content (AvgIpc) is 2.17. The van der Waals surface area contributed by atoms with Crippen LogP contribution in [0.4, 0.5) is 0 Å². The maximum absolute atomic E-state index is 10.5. The van der Waals surface area contributed by atoms with Crippen LogP contribution >= 0.6 is 11.8 Å². The number of ether oxygens (including phenoxy) is 1. The summed E-state index contributed by atoms with van der Waals surface area (Å²) in [4.78, 5) is 10.5. The van der Waals surface area contributed by atoms with Crippen molar-refractivity contribution in [2.45, 2.75) is 18.9 Å². The molecule has 1 saturated heterocycles. The zero-order valence-electron chi connectivity index (χ0n) is 5.42. The predicted molar refractivity (Wildman–Crippen MR) is 37.5 cm³/mol. The fourth-order valence-electron chi connectivity index (χ4n) is 0.886. The molecule has 0 aliphatic carbocycles. The van der Waals surface area contributed by atoms with Crippen LogP contribution in [0.1, 0.15) is 12.8 Å². The lowest BCUT2D eigenvalue weighted by Crippen LogP contribution is -2.08. The highest BCUT2D eigenvalue weighted by Gasteiger charge is 2.21. The summed E-state index contributed by atoms with van der Waals surface area (Å²) in [6.07, 6.45) is 3.75. The molecule has 0 bridgehead atoms. The van der Waals surface area contributed by atoms with E-state index in [0.29, 0.717) is 6.42 Å². The Labute approximate surface area is 59.0 Å². The van der Waals surface area contributed by atoms with E-state index >= 15 is 0 Å². The second kappa shape index (κ2) is 3.11. The smallest absolute Gasteiger partial charge is 0.306 e. The van der Waals surface area contributed by atoms with Gasteiger partial charge in [-0.1, -0.05) is 0 Å². The number of esters is 1. The standard InChI is InChI=1S/C6H10O2S/c1-9-4-5-2-3-6(7)8-5/h5H,2-4H2,1H3/t5-/m0/s1. The lowest BCUT2D eigenvalue weighted by Gasteiger charge is -2.04. The monoisotopic (exact) mass is 146 g/mol. The van der Waals surface area contributed by atoms with Crippen molar-refractivity contribution in [3.8, 4) is 0 Å². The van der Waals surface area contributed by atoms with Crippen molar-refractivity contribution in [2.24, 2.45) is 0 Å². The molecule has 0 N–H and O–H groups in total. The molecule has 2 nitrogen and oxygen atoms in total. The van der Waals surface area contributed by atoms with Gasteiger partial charge in [-0.3, -0.25) is 4.79 Å². The number of carbonyl (C=O) groups is 1. The Hall–Kier alpha value is -0.180. The quantitative estimate of drug-likeness (QED) is 0.545. The molecule has 0 aromatic heterocycles. The van der Waals surface area contributed by atoms with Crippen LogP contribution < -0.4 is 0 Å². The molecule has 0 unspecified atom stereocenters. The summed E-state index contributed by atoms with van der Waals surface area (Å²) in [7, 11) is 0. The maximum Gasteiger partial charge on any atom is 0.306 e. The predicted octanol–water partition coefficient (Wildman–Crippen LogP) is 1.05. The molecule has 0 amide bonds. The van der Waals surface area contributed by atoms with Crippen LogP contribution in [0.3, 0.4) is 0 Å². The topological polar surface area (TPSA) is 26.3 Å². The lowest BCUT2D eigenvalue weighted by molar-refractivity contribution is -0.140. The Morgan fingerprint density at radius 2 is 2.67 bits per heavy atom. The van der Waals surface area contributed by atoms with Crippen LogP contribution in [0.2, 0.25) is 0 Å². The largest absolute Gasteiger partial charge is 0.461 e. The van der Waals surface area contributed by atoms with Crippen molar-refractivity contribution in [3.05, 3.63) is 0 Å². The summed E-state index contributed by atoms with van der Waals surface area (Å²) in [5.74, 6) is 0.917. The van der Waals surface area contributed by atoms with Gasteiger partial charge in [-0.2, -0.15) is 11.8 Å². The summed E-state index contributed by atoms with van der Waals surface area (Å²) >= 11 is 1.72. The molecule has 1 fully saturated rings. The molecule has 0 aromatic rings. The van der Waals surface area contributed by atoms with Crippen molar-refractivity contribution in [3.63, 3.8) is 0 Å². The Kier molecular flexibility index (Phi) is 2.39. The van der Waals surface area contributed by atoms with Gasteiger partial charge in [0.25, 0.3) is 0 Å². The van der Waals surface area contributed by atoms with E-state index in [1.807, 2.05) is 6.26 Å². The Balaban J connectivity index is 2.22. The van der Waals surface area contributed by atoms with Crippen molar-refractivity contribution in [1.82, 2.24) is 0 Å². The second-order valence-corrected chi connectivity index (χ2v) is 3.02. The van der Waals surface area contributed by atoms with Gasteiger partial charge in [0.1, 0.15) is 6.10 Å². The molecule has 1 aliphatic heterocycles. The third-order valence-electron chi connectivity index (χ3n) is 1.32. The molecule has 3 heteroatoms. The van der Waals surface area contributed by atoms with E-state index in [9.17, 15) is 4.79 Å². The molecule has 9 heavy (non-hydrogen) atoms. The van der Waals surface area contributed by atoms with Crippen LogP contribution in [-0.4, -0.2) is 24.1 Å². The highest BCUT2D eigenvalue weighted by molar-refractivity contribution is 7.98. The number of hydrogen-bond donors (Lipinski definition) is 0. The van der Waals surface area contributed by atoms with Crippen molar-refractivity contribution >= 4 is 17.7 Å². The van der Waals surface area contributed by atoms with E-state index in [-0.39, 0.29) is 12.1 Å². The Morgan fingerprint density at radius 1 is 1.89 bits per heavy atom. The first-order chi connectivity index (χ1) is 4.33. The van der Waals surface area contributed by atoms with E-state index in [2.05, 4.69) is 0 Å². The minimum atomic E-state index is -0.0333. The van der Waals surface area contributed by atoms with Crippen LogP contribution in [0.5, 0.6) is 0 Å². The summed E-state index contributed by atoms with van der Waals surface area (Å²) in [5.41, 5.74) is 0. The molecule has 0 aromatic carbocycles. The zero-order chi connectivity index (χ0) is 6.69. The number of cyclic esters (lactones) is 1. The maximum atomic E-state index is 10.5. The lowest BCUT2D eigenvalue weighted by atomic mass is 10.3. The van der Waals surface area contributed by atoms with Gasteiger partial charge in [-0.15, -0.1) is 0 Å². The van der Waals surface area contributed by atoms with Crippen LogP contribution in [0, 0.1) is 0 Å². The Morgan fingerprint density at radius 3 is 3.11 bits per heavy atom. The van der Waals surface area contributed by atoms with Gasteiger partial charge in [0.15, 0.2) is 0 Å². The molecule has 1 rings (SSSR count). The fourth-order valence-corrected chi connectivity index (χ4v) is 1.49. The van der Waals surface area contributed by atoms with Gasteiger partial charge in [0.05, 0.1) is 0 Å². The van der Waals surface area contributed by atoms with Crippen molar-refractivity contribution in [1.29, 1.82) is 0 Å². The van der Waals surface area contributed by atoms with Crippen LogP contribution in [-0.2, 0) is 9.53 Å². The van der Waals surface area contributed by atoms with Crippen LogP contribution in [0.15, 0.2) is 0 Å². The summed E-state index contributed by atoms with van der Waals surface area (Å²) in [5, 5.41) is 0. The summed E-state index contributed by atoms with van der Waals surface area (Å²) in [6, 6.07) is 0. The molecule has 1 heterocycles. The number of thioether (sulfide) groups is 1. The van der Waals surface area contributed by atoms with Crippen molar-refractivity contribution in [2.75, 3.05) is 12.0 Å². The van der Waals surface area contributed by atoms with Gasteiger partial charge in [-0.25, -0.2) is 0 Å². The third kappa shape index (κ3) is 1.90. The third-order valence-corrected chi connectivity index (χ3v) is 2.03. The first kappa shape index (κ1) is 6.93. The number of rotatable bonds is 2. The normalized spacial score (nSPS) is 26.3. The number of carbonyl (C=O) groups excluding carboxylic acids is 1.